The molecule has 0 saturated heterocycles. The maximum Gasteiger partial charge on any atom is 0.341 e. The number of anilines is 1. The average Bonchev–Trinajstić information content (AvgIpc) is 2.61. The fourth-order valence-electron chi connectivity index (χ4n) is 2.24. The van der Waals surface area contributed by atoms with Crippen molar-refractivity contribution >= 4 is 27.6 Å². The lowest BCUT2D eigenvalue weighted by molar-refractivity contribution is -0.123. The topological polar surface area (TPSA) is 102 Å². The molecular formula is C19H21FN2O5S. The number of amides is 1. The number of hydrogen-bond acceptors (Lipinski definition) is 5. The van der Waals surface area contributed by atoms with Gasteiger partial charge in [0.1, 0.15) is 5.82 Å². The first kappa shape index (κ1) is 21.5. The van der Waals surface area contributed by atoms with Gasteiger partial charge in [0.2, 0.25) is 10.0 Å². The Balaban J connectivity index is 2.00. The van der Waals surface area contributed by atoms with Gasteiger partial charge < -0.3 is 10.1 Å². The number of rotatable bonds is 7. The molecule has 1 atom stereocenters. The van der Waals surface area contributed by atoms with E-state index in [9.17, 15) is 22.4 Å². The van der Waals surface area contributed by atoms with Crippen molar-refractivity contribution in [2.75, 3.05) is 5.32 Å². The summed E-state index contributed by atoms with van der Waals surface area (Å²) in [6.45, 7) is 4.76. The predicted molar refractivity (Wildman–Crippen MR) is 102 cm³/mol. The lowest BCUT2D eigenvalue weighted by atomic mass is 10.2. The van der Waals surface area contributed by atoms with Gasteiger partial charge in [-0.15, -0.1) is 0 Å². The molecule has 2 aromatic rings. The first-order valence-electron chi connectivity index (χ1n) is 8.49. The van der Waals surface area contributed by atoms with Crippen LogP contribution in [0.4, 0.5) is 10.1 Å². The minimum Gasteiger partial charge on any atom is -0.449 e. The molecule has 1 unspecified atom stereocenters. The van der Waals surface area contributed by atoms with Gasteiger partial charge in [-0.2, -0.15) is 0 Å². The summed E-state index contributed by atoms with van der Waals surface area (Å²) in [6.07, 6.45) is -1.18. The van der Waals surface area contributed by atoms with Gasteiger partial charge in [0.15, 0.2) is 6.10 Å². The normalized spacial score (nSPS) is 12.5. The highest BCUT2D eigenvalue weighted by Gasteiger charge is 2.21. The summed E-state index contributed by atoms with van der Waals surface area (Å²) in [7, 11) is -3.64. The molecule has 0 aliphatic carbocycles. The number of halogens is 1. The molecule has 0 fully saturated rings. The van der Waals surface area contributed by atoms with Crippen LogP contribution < -0.4 is 10.0 Å². The first-order valence-corrected chi connectivity index (χ1v) is 9.97. The zero-order chi connectivity index (χ0) is 20.9. The van der Waals surface area contributed by atoms with E-state index in [4.69, 9.17) is 4.74 Å². The molecule has 0 radical (unpaired) electrons. The van der Waals surface area contributed by atoms with Crippen LogP contribution in [-0.4, -0.2) is 32.4 Å². The smallest absolute Gasteiger partial charge is 0.341 e. The summed E-state index contributed by atoms with van der Waals surface area (Å²) in [5.74, 6) is -2.34. The van der Waals surface area contributed by atoms with Gasteiger partial charge in [-0.3, -0.25) is 4.79 Å². The molecule has 9 heteroatoms. The van der Waals surface area contributed by atoms with Crippen molar-refractivity contribution in [2.24, 2.45) is 0 Å². The van der Waals surface area contributed by atoms with Gasteiger partial charge in [-0.05, 0) is 57.2 Å². The molecule has 1 amide bonds. The first-order chi connectivity index (χ1) is 13.1. The maximum absolute atomic E-state index is 13.6. The van der Waals surface area contributed by atoms with Crippen molar-refractivity contribution in [2.45, 2.75) is 37.8 Å². The van der Waals surface area contributed by atoms with Gasteiger partial charge in [-0.25, -0.2) is 22.3 Å². The molecule has 0 bridgehead atoms. The van der Waals surface area contributed by atoms with Crippen molar-refractivity contribution in [3.05, 3.63) is 59.9 Å². The van der Waals surface area contributed by atoms with Crippen LogP contribution in [0.1, 0.15) is 31.1 Å². The molecule has 7 nitrogen and oxygen atoms in total. The number of esters is 1. The molecule has 0 spiro atoms. The fraction of sp³-hybridized carbons (Fsp3) is 0.263. The van der Waals surface area contributed by atoms with Crippen LogP contribution in [0.15, 0.2) is 53.4 Å². The molecule has 2 N–H and O–H groups in total. The van der Waals surface area contributed by atoms with Gasteiger partial charge in [0, 0.05) is 11.7 Å². The lowest BCUT2D eigenvalue weighted by Crippen LogP contribution is -2.31. The summed E-state index contributed by atoms with van der Waals surface area (Å²) in [5, 5.41) is 2.51. The van der Waals surface area contributed by atoms with Crippen molar-refractivity contribution in [1.29, 1.82) is 0 Å². The highest BCUT2D eigenvalue weighted by molar-refractivity contribution is 7.89. The summed E-state index contributed by atoms with van der Waals surface area (Å²) in [5.41, 5.74) is 0.0525. The van der Waals surface area contributed by atoms with Crippen LogP contribution in [0.5, 0.6) is 0 Å². The Bertz CT molecular complexity index is 959. The van der Waals surface area contributed by atoms with E-state index in [1.54, 1.807) is 13.8 Å². The Morgan fingerprint density at radius 2 is 1.61 bits per heavy atom. The lowest BCUT2D eigenvalue weighted by Gasteiger charge is -2.14. The van der Waals surface area contributed by atoms with E-state index in [0.29, 0.717) is 5.69 Å². The molecule has 0 aromatic heterocycles. The van der Waals surface area contributed by atoms with Crippen LogP contribution in [0.3, 0.4) is 0 Å². The maximum atomic E-state index is 13.6. The van der Waals surface area contributed by atoms with Crippen LogP contribution in [0.25, 0.3) is 0 Å². The molecule has 150 valence electrons. The second-order valence-corrected chi connectivity index (χ2v) is 8.03. The Hall–Kier alpha value is -2.78. The molecule has 0 aliphatic rings. The third kappa shape index (κ3) is 5.61. The summed E-state index contributed by atoms with van der Waals surface area (Å²) < 4.78 is 45.2. The minimum atomic E-state index is -3.64. The molecule has 0 heterocycles. The quantitative estimate of drug-likeness (QED) is 0.686. The van der Waals surface area contributed by atoms with Crippen molar-refractivity contribution in [1.82, 2.24) is 4.72 Å². The molecule has 2 aromatic carbocycles. The minimum absolute atomic E-state index is 0.0539. The summed E-state index contributed by atoms with van der Waals surface area (Å²) in [6, 6.07) is 10.5. The Morgan fingerprint density at radius 1 is 1.00 bits per heavy atom. The predicted octanol–water partition coefficient (Wildman–Crippen LogP) is 2.70. The second-order valence-electron chi connectivity index (χ2n) is 6.32. The van der Waals surface area contributed by atoms with Crippen LogP contribution in [0.2, 0.25) is 0 Å². The van der Waals surface area contributed by atoms with Crippen LogP contribution >= 0.6 is 0 Å². The zero-order valence-corrected chi connectivity index (χ0v) is 16.4. The van der Waals surface area contributed by atoms with E-state index in [1.165, 1.54) is 49.4 Å². The molecular weight excluding hydrogens is 387 g/mol. The monoisotopic (exact) mass is 408 g/mol. The van der Waals surface area contributed by atoms with Gasteiger partial charge in [0.25, 0.3) is 5.91 Å². The average molecular weight is 408 g/mol. The van der Waals surface area contributed by atoms with E-state index in [0.717, 1.165) is 6.07 Å². The summed E-state index contributed by atoms with van der Waals surface area (Å²) >= 11 is 0. The number of sulfonamides is 1. The van der Waals surface area contributed by atoms with Crippen molar-refractivity contribution < 1.29 is 27.1 Å². The Morgan fingerprint density at radius 3 is 2.18 bits per heavy atom. The highest BCUT2D eigenvalue weighted by Crippen LogP contribution is 2.15. The largest absolute Gasteiger partial charge is 0.449 e. The van der Waals surface area contributed by atoms with E-state index >= 15 is 0 Å². The number of ether oxygens (including phenoxy) is 1. The molecule has 28 heavy (non-hydrogen) atoms. The zero-order valence-electron chi connectivity index (χ0n) is 15.6. The molecule has 0 saturated carbocycles. The number of nitrogens with one attached hydrogen (secondary N) is 2. The van der Waals surface area contributed by atoms with Crippen LogP contribution in [0, 0.1) is 5.82 Å². The van der Waals surface area contributed by atoms with E-state index < -0.39 is 33.8 Å². The standard InChI is InChI=1S/C19H21FN2O5S/c1-12(2)22-28(25,26)15-10-8-14(9-11-15)21-18(23)13(3)27-19(24)16-6-4-5-7-17(16)20/h4-13,22H,1-3H3,(H,21,23). The second kappa shape index (κ2) is 8.94. The third-order valence-electron chi connectivity index (χ3n) is 3.57. The summed E-state index contributed by atoms with van der Waals surface area (Å²) in [4.78, 5) is 24.2. The van der Waals surface area contributed by atoms with E-state index in [2.05, 4.69) is 10.0 Å². The third-order valence-corrected chi connectivity index (χ3v) is 5.24. The van der Waals surface area contributed by atoms with Gasteiger partial charge >= 0.3 is 5.97 Å². The SMILES string of the molecule is CC(C)NS(=O)(=O)c1ccc(NC(=O)C(C)OC(=O)c2ccccc2F)cc1. The fourth-order valence-corrected chi connectivity index (χ4v) is 3.50. The number of hydrogen-bond donors (Lipinski definition) is 2. The van der Waals surface area contributed by atoms with Crippen LogP contribution in [-0.2, 0) is 19.6 Å². The van der Waals surface area contributed by atoms with E-state index in [1.807, 2.05) is 0 Å². The van der Waals surface area contributed by atoms with Gasteiger partial charge in [0.05, 0.1) is 10.5 Å². The number of benzene rings is 2. The van der Waals surface area contributed by atoms with E-state index in [-0.39, 0.29) is 16.5 Å². The molecule has 0 aliphatic heterocycles. The Labute approximate surface area is 163 Å². The van der Waals surface area contributed by atoms with Crippen molar-refractivity contribution in [3.63, 3.8) is 0 Å². The number of carbonyl (C=O) groups is 2. The van der Waals surface area contributed by atoms with Crippen molar-refractivity contribution in [3.8, 4) is 0 Å². The number of carbonyl (C=O) groups excluding carboxylic acids is 2. The van der Waals surface area contributed by atoms with Gasteiger partial charge in [-0.1, -0.05) is 12.1 Å². The molecule has 2 rings (SSSR count). The Kier molecular flexibility index (Phi) is 6.87. The highest BCUT2D eigenvalue weighted by atomic mass is 32.2.